The molecule has 0 aliphatic carbocycles. The number of carbonyl (C=O) groups is 3. The molecule has 1 fully saturated rings. The lowest BCUT2D eigenvalue weighted by Gasteiger charge is -2.53. The molecule has 254 valence electrons. The van der Waals surface area contributed by atoms with Crippen LogP contribution in [0.4, 0.5) is 5.69 Å². The quantitative estimate of drug-likeness (QED) is 0.181. The summed E-state index contributed by atoms with van der Waals surface area (Å²) in [6.07, 6.45) is 5.32. The van der Waals surface area contributed by atoms with E-state index >= 15 is 0 Å². The van der Waals surface area contributed by atoms with Gasteiger partial charge in [-0.25, -0.2) is 9.00 Å². The van der Waals surface area contributed by atoms with Crippen LogP contribution in [0.15, 0.2) is 83.9 Å². The monoisotopic (exact) mass is 701 g/mol. The van der Waals surface area contributed by atoms with Crippen molar-refractivity contribution < 1.29 is 23.7 Å². The fourth-order valence-electron chi connectivity index (χ4n) is 5.97. The molecular formula is C36H45Cl2N3O5S. The average molecular weight is 703 g/mol. The predicted molar refractivity (Wildman–Crippen MR) is 192 cm³/mol. The number of amides is 2. The van der Waals surface area contributed by atoms with Crippen LogP contribution in [0, 0.1) is 16.1 Å². The molecule has 5 atom stereocenters. The van der Waals surface area contributed by atoms with Gasteiger partial charge in [-0.05, 0) is 72.9 Å². The molecule has 0 saturated carbocycles. The molecule has 0 radical (unpaired) electrons. The lowest BCUT2D eigenvalue weighted by molar-refractivity contribution is -0.155. The summed E-state index contributed by atoms with van der Waals surface area (Å²) in [5.41, 5.74) is 0.715. The van der Waals surface area contributed by atoms with Crippen LogP contribution >= 0.6 is 23.2 Å². The third-order valence-corrected chi connectivity index (χ3v) is 11.7. The highest BCUT2D eigenvalue weighted by molar-refractivity contribution is 7.93. The third-order valence-electron chi connectivity index (χ3n) is 8.76. The molecule has 2 aromatic rings. The fourth-order valence-corrected chi connectivity index (χ4v) is 7.67. The third kappa shape index (κ3) is 9.36. The first kappa shape index (κ1) is 38.1. The van der Waals surface area contributed by atoms with Crippen molar-refractivity contribution >= 4 is 56.4 Å². The van der Waals surface area contributed by atoms with Gasteiger partial charge in [0, 0.05) is 49.1 Å². The minimum absolute atomic E-state index is 0.0440. The molecule has 0 bridgehead atoms. The molecule has 3 rings (SSSR count). The number of hydrogen-bond donors (Lipinski definition) is 3. The minimum atomic E-state index is -3.11. The van der Waals surface area contributed by atoms with Gasteiger partial charge in [-0.3, -0.25) is 14.4 Å². The minimum Gasteiger partial charge on any atom is -0.478 e. The molecule has 1 aliphatic heterocycles. The molecule has 3 N–H and O–H groups in total. The van der Waals surface area contributed by atoms with Crippen LogP contribution in [0.25, 0.3) is 0 Å². The van der Waals surface area contributed by atoms with Gasteiger partial charge in [-0.2, -0.15) is 0 Å². The number of nitrogens with one attached hydrogen (secondary N) is 2. The SMILES string of the molecule is C=C(/C=C\C(Cl)=C/C)[C@@H]1[C@@H](c2cccc(Cl)c2)C[C@](C)(CC(=O)Nc2ccc(C(=O)O)cc2)C(=O)N1[C@H](CS(=N)(=O)C(C)C)C(C)C. The zero-order chi connectivity index (χ0) is 35.3. The Hall–Kier alpha value is -3.40. The summed E-state index contributed by atoms with van der Waals surface area (Å²) in [5.74, 6) is -2.41. The molecule has 0 spiro atoms. The predicted octanol–water partition coefficient (Wildman–Crippen LogP) is 8.49. The Balaban J connectivity index is 2.19. The van der Waals surface area contributed by atoms with Gasteiger partial charge in [0.1, 0.15) is 0 Å². The first-order valence-electron chi connectivity index (χ1n) is 15.6. The van der Waals surface area contributed by atoms with E-state index in [2.05, 4.69) is 11.9 Å². The average Bonchev–Trinajstić information content (AvgIpc) is 2.99. The molecule has 1 saturated heterocycles. The van der Waals surface area contributed by atoms with Gasteiger partial charge in [0.25, 0.3) is 0 Å². The Kier molecular flexibility index (Phi) is 12.7. The van der Waals surface area contributed by atoms with E-state index in [1.54, 1.807) is 50.0 Å². The molecule has 1 unspecified atom stereocenters. The Labute approximate surface area is 288 Å². The Morgan fingerprint density at radius 1 is 1.17 bits per heavy atom. The zero-order valence-corrected chi connectivity index (χ0v) is 30.1. The van der Waals surface area contributed by atoms with Crippen molar-refractivity contribution in [1.29, 1.82) is 4.78 Å². The molecule has 11 heteroatoms. The first-order chi connectivity index (χ1) is 21.9. The second kappa shape index (κ2) is 15.7. The second-order valence-corrected chi connectivity index (χ2v) is 16.6. The molecule has 2 amide bonds. The molecule has 1 aliphatic rings. The van der Waals surface area contributed by atoms with Crippen LogP contribution in [0.1, 0.15) is 76.2 Å². The smallest absolute Gasteiger partial charge is 0.335 e. The van der Waals surface area contributed by atoms with E-state index in [9.17, 15) is 23.7 Å². The van der Waals surface area contributed by atoms with Crippen molar-refractivity contribution in [1.82, 2.24) is 4.90 Å². The largest absolute Gasteiger partial charge is 0.478 e. The van der Waals surface area contributed by atoms with Gasteiger partial charge >= 0.3 is 5.97 Å². The Morgan fingerprint density at radius 2 is 1.81 bits per heavy atom. The van der Waals surface area contributed by atoms with Crippen LogP contribution < -0.4 is 5.32 Å². The van der Waals surface area contributed by atoms with Crippen molar-refractivity contribution in [2.24, 2.45) is 11.3 Å². The van der Waals surface area contributed by atoms with E-state index in [4.69, 9.17) is 28.0 Å². The standard InChI is InChI=1S/C36H45Cl2N3O5S/c1-8-27(37)15-12-24(6)33-30(26-10-9-11-28(38)18-26)19-36(7,20-32(42)40-29-16-13-25(14-17-29)34(43)44)35(45)41(33)31(22(2)3)21-47(39,46)23(4)5/h8-18,22-23,30-31,33,39H,6,19-21H2,1-5,7H3,(H,40,42)(H,43,44)/b15-12-,27-8+/t30-,31-,33-,36-,47?/m1/s1. The second-order valence-electron chi connectivity index (χ2n) is 13.0. The van der Waals surface area contributed by atoms with E-state index in [-0.39, 0.29) is 41.9 Å². The van der Waals surface area contributed by atoms with Crippen molar-refractivity contribution in [3.05, 3.63) is 100 Å². The van der Waals surface area contributed by atoms with Gasteiger partial charge in [0.05, 0.1) is 22.8 Å². The summed E-state index contributed by atoms with van der Waals surface area (Å²) < 4.78 is 22.4. The number of rotatable bonds is 13. The fraction of sp³-hybridized carbons (Fsp3) is 0.417. The van der Waals surface area contributed by atoms with E-state index in [0.717, 1.165) is 5.56 Å². The zero-order valence-electron chi connectivity index (χ0n) is 27.8. The maximum Gasteiger partial charge on any atom is 0.335 e. The highest BCUT2D eigenvalue weighted by atomic mass is 35.5. The number of halogens is 2. The van der Waals surface area contributed by atoms with E-state index in [1.165, 1.54) is 24.3 Å². The highest BCUT2D eigenvalue weighted by Crippen LogP contribution is 2.49. The van der Waals surface area contributed by atoms with Gasteiger partial charge in [-0.15, -0.1) is 0 Å². The van der Waals surface area contributed by atoms with Crippen LogP contribution in [0.2, 0.25) is 5.02 Å². The number of piperidine rings is 1. The Bertz CT molecular complexity index is 1670. The number of carbonyl (C=O) groups excluding carboxylic acids is 2. The van der Waals surface area contributed by atoms with Gasteiger partial charge < -0.3 is 15.3 Å². The number of nitrogens with zero attached hydrogens (tertiary/aromatic N) is 1. The molecule has 8 nitrogen and oxygen atoms in total. The summed E-state index contributed by atoms with van der Waals surface area (Å²) in [7, 11) is -3.11. The summed E-state index contributed by atoms with van der Waals surface area (Å²) in [6.45, 7) is 15.3. The number of carboxylic acids is 1. The normalized spacial score (nSPS) is 22.4. The van der Waals surface area contributed by atoms with Crippen molar-refractivity contribution in [2.75, 3.05) is 11.1 Å². The number of hydrogen-bond acceptors (Lipinski definition) is 5. The summed E-state index contributed by atoms with van der Waals surface area (Å²) in [4.78, 5) is 41.5. The van der Waals surface area contributed by atoms with Gasteiger partial charge in [-0.1, -0.05) is 88.7 Å². The number of likely N-dealkylation sites (tertiary alicyclic amines) is 1. The maximum absolute atomic E-state index is 14.9. The molecule has 1 heterocycles. The number of benzene rings is 2. The van der Waals surface area contributed by atoms with Crippen molar-refractivity contribution in [3.63, 3.8) is 0 Å². The number of carboxylic acid groups (broad SMARTS) is 1. The maximum atomic E-state index is 14.9. The highest BCUT2D eigenvalue weighted by Gasteiger charge is 2.53. The summed E-state index contributed by atoms with van der Waals surface area (Å²) in [6, 6.07) is 11.9. The molecule has 2 aromatic carbocycles. The van der Waals surface area contributed by atoms with E-state index in [0.29, 0.717) is 21.3 Å². The molecule has 47 heavy (non-hydrogen) atoms. The molecule has 0 aromatic heterocycles. The van der Waals surface area contributed by atoms with Crippen LogP contribution in [-0.2, 0) is 19.3 Å². The Morgan fingerprint density at radius 3 is 2.34 bits per heavy atom. The summed E-state index contributed by atoms with van der Waals surface area (Å²) in [5, 5.41) is 12.6. The summed E-state index contributed by atoms with van der Waals surface area (Å²) >= 11 is 12.8. The van der Waals surface area contributed by atoms with E-state index in [1.807, 2.05) is 39.0 Å². The van der Waals surface area contributed by atoms with Gasteiger partial charge in [0.15, 0.2) is 0 Å². The van der Waals surface area contributed by atoms with Crippen molar-refractivity contribution in [3.8, 4) is 0 Å². The van der Waals surface area contributed by atoms with E-state index < -0.39 is 44.4 Å². The number of aromatic carboxylic acids is 1. The number of anilines is 1. The first-order valence-corrected chi connectivity index (χ1v) is 18.1. The van der Waals surface area contributed by atoms with Crippen LogP contribution in [0.5, 0.6) is 0 Å². The van der Waals surface area contributed by atoms with Crippen LogP contribution in [-0.4, -0.2) is 55.1 Å². The number of allylic oxidation sites excluding steroid dienone is 3. The van der Waals surface area contributed by atoms with Crippen molar-refractivity contribution in [2.45, 2.75) is 77.6 Å². The van der Waals surface area contributed by atoms with Gasteiger partial charge in [0.2, 0.25) is 11.8 Å². The van der Waals surface area contributed by atoms with Crippen LogP contribution in [0.3, 0.4) is 0 Å². The molecular weight excluding hydrogens is 657 g/mol. The lowest BCUT2D eigenvalue weighted by Crippen LogP contribution is -2.62. The lowest BCUT2D eigenvalue weighted by atomic mass is 9.66. The topological polar surface area (TPSA) is 128 Å².